The van der Waals surface area contributed by atoms with Gasteiger partial charge in [0.25, 0.3) is 0 Å². The lowest BCUT2D eigenvalue weighted by Gasteiger charge is -2.38. The van der Waals surface area contributed by atoms with Gasteiger partial charge in [-0.3, -0.25) is 0 Å². The number of rotatable bonds is 1. The lowest BCUT2D eigenvalue weighted by molar-refractivity contribution is -0.230. The van der Waals surface area contributed by atoms with E-state index < -0.39 is 17.5 Å². The van der Waals surface area contributed by atoms with Gasteiger partial charge in [-0.05, 0) is 25.3 Å². The quantitative estimate of drug-likeness (QED) is 0.757. The first-order valence-corrected chi connectivity index (χ1v) is 6.60. The maximum Gasteiger partial charge on any atom is 0.396 e. The van der Waals surface area contributed by atoms with Crippen molar-refractivity contribution in [1.82, 2.24) is 5.32 Å². The SMILES string of the molecule is FC(F)(F)C1(C2C=C(Cl)C(Cl)=C(Cl)C2)CCNC1. The van der Waals surface area contributed by atoms with Crippen molar-refractivity contribution in [1.29, 1.82) is 0 Å². The molecule has 0 spiro atoms. The monoisotopic (exact) mass is 319 g/mol. The van der Waals surface area contributed by atoms with Crippen molar-refractivity contribution in [2.45, 2.75) is 19.0 Å². The van der Waals surface area contributed by atoms with E-state index in [1.807, 2.05) is 0 Å². The van der Waals surface area contributed by atoms with Crippen LogP contribution in [0.25, 0.3) is 0 Å². The second kappa shape index (κ2) is 4.89. The smallest absolute Gasteiger partial charge is 0.316 e. The van der Waals surface area contributed by atoms with Crippen LogP contribution in [0.3, 0.4) is 0 Å². The number of allylic oxidation sites excluding steroid dienone is 4. The minimum atomic E-state index is -4.30. The fourth-order valence-electron chi connectivity index (χ4n) is 2.56. The summed E-state index contributed by atoms with van der Waals surface area (Å²) < 4.78 is 40.0. The topological polar surface area (TPSA) is 12.0 Å². The van der Waals surface area contributed by atoms with Crippen molar-refractivity contribution in [3.8, 4) is 0 Å². The molecule has 1 fully saturated rings. The summed E-state index contributed by atoms with van der Waals surface area (Å²) in [6.45, 7) is 0.236. The average molecular weight is 321 g/mol. The Hall–Kier alpha value is 0.1000. The molecule has 0 aromatic carbocycles. The molecule has 102 valence electrons. The maximum atomic E-state index is 13.3. The van der Waals surface area contributed by atoms with Crippen LogP contribution in [0.2, 0.25) is 0 Å². The second-order valence-electron chi connectivity index (χ2n) is 4.62. The van der Waals surface area contributed by atoms with Gasteiger partial charge in [-0.15, -0.1) is 0 Å². The van der Waals surface area contributed by atoms with E-state index in [0.29, 0.717) is 6.54 Å². The summed E-state index contributed by atoms with van der Waals surface area (Å²) >= 11 is 17.5. The fraction of sp³-hybridized carbons (Fsp3) is 0.636. The van der Waals surface area contributed by atoms with Gasteiger partial charge < -0.3 is 5.32 Å². The molecule has 0 radical (unpaired) electrons. The van der Waals surface area contributed by atoms with E-state index in [1.54, 1.807) is 0 Å². The van der Waals surface area contributed by atoms with E-state index in [4.69, 9.17) is 34.8 Å². The van der Waals surface area contributed by atoms with Gasteiger partial charge in [-0.2, -0.15) is 13.2 Å². The van der Waals surface area contributed by atoms with Gasteiger partial charge in [0, 0.05) is 11.6 Å². The summed E-state index contributed by atoms with van der Waals surface area (Å²) in [4.78, 5) is 0. The van der Waals surface area contributed by atoms with Crippen molar-refractivity contribution in [2.75, 3.05) is 13.1 Å². The summed E-state index contributed by atoms with van der Waals surface area (Å²) in [5.41, 5.74) is -1.80. The highest BCUT2D eigenvalue weighted by atomic mass is 35.5. The molecule has 0 aromatic rings. The molecule has 18 heavy (non-hydrogen) atoms. The molecule has 2 unspecified atom stereocenters. The van der Waals surface area contributed by atoms with Crippen molar-refractivity contribution >= 4 is 34.8 Å². The van der Waals surface area contributed by atoms with E-state index in [-0.39, 0.29) is 34.5 Å². The van der Waals surface area contributed by atoms with Crippen molar-refractivity contribution in [3.05, 3.63) is 21.2 Å². The molecule has 0 bridgehead atoms. The van der Waals surface area contributed by atoms with Gasteiger partial charge >= 0.3 is 6.18 Å². The number of hydrogen-bond acceptors (Lipinski definition) is 1. The first-order chi connectivity index (χ1) is 8.28. The zero-order chi connectivity index (χ0) is 13.6. The molecule has 2 aliphatic rings. The zero-order valence-corrected chi connectivity index (χ0v) is 11.5. The largest absolute Gasteiger partial charge is 0.396 e. The normalized spacial score (nSPS) is 33.9. The fourth-order valence-corrected chi connectivity index (χ4v) is 3.28. The van der Waals surface area contributed by atoms with E-state index in [0.717, 1.165) is 0 Å². The van der Waals surface area contributed by atoms with E-state index in [1.165, 1.54) is 6.08 Å². The summed E-state index contributed by atoms with van der Waals surface area (Å²) in [6.07, 6.45) is -2.80. The Balaban J connectivity index is 2.36. The van der Waals surface area contributed by atoms with Crippen LogP contribution in [0.1, 0.15) is 12.8 Å². The highest BCUT2D eigenvalue weighted by Crippen LogP contribution is 2.53. The van der Waals surface area contributed by atoms with Crippen LogP contribution >= 0.6 is 34.8 Å². The Morgan fingerprint density at radius 1 is 1.28 bits per heavy atom. The second-order valence-corrected chi connectivity index (χ2v) is 5.87. The highest BCUT2D eigenvalue weighted by Gasteiger charge is 2.60. The van der Waals surface area contributed by atoms with E-state index in [2.05, 4.69) is 5.32 Å². The number of alkyl halides is 3. The summed E-state index contributed by atoms with van der Waals surface area (Å²) in [5, 5.41) is 3.23. The zero-order valence-electron chi connectivity index (χ0n) is 9.25. The predicted octanol–water partition coefficient (Wildman–Crippen LogP) is 4.36. The molecule has 1 aliphatic carbocycles. The number of hydrogen-bond donors (Lipinski definition) is 1. The molecule has 1 nitrogen and oxygen atoms in total. The van der Waals surface area contributed by atoms with Crippen LogP contribution in [0.15, 0.2) is 21.2 Å². The molecule has 0 amide bonds. The minimum absolute atomic E-state index is 0.0314. The summed E-state index contributed by atoms with van der Waals surface area (Å²) in [6, 6.07) is 0. The van der Waals surface area contributed by atoms with Crippen LogP contribution in [-0.4, -0.2) is 19.3 Å². The Morgan fingerprint density at radius 2 is 1.94 bits per heavy atom. The molecule has 0 aromatic heterocycles. The van der Waals surface area contributed by atoms with E-state index >= 15 is 0 Å². The average Bonchev–Trinajstić information content (AvgIpc) is 2.74. The predicted molar refractivity (Wildman–Crippen MR) is 66.7 cm³/mol. The van der Waals surface area contributed by atoms with Crippen LogP contribution in [0.5, 0.6) is 0 Å². The maximum absolute atomic E-state index is 13.3. The van der Waals surface area contributed by atoms with Crippen LogP contribution in [-0.2, 0) is 0 Å². The standard InChI is InChI=1S/C11H11Cl3F3N/c12-7-3-6(4-8(13)9(7)14)10(11(15,16)17)1-2-18-5-10/h3,6,18H,1-2,4-5H2. The highest BCUT2D eigenvalue weighted by molar-refractivity contribution is 6.48. The molecule has 0 saturated carbocycles. The van der Waals surface area contributed by atoms with Crippen molar-refractivity contribution in [2.24, 2.45) is 11.3 Å². The van der Waals surface area contributed by atoms with Crippen LogP contribution < -0.4 is 5.32 Å². The van der Waals surface area contributed by atoms with E-state index in [9.17, 15) is 13.2 Å². The summed E-state index contributed by atoms with van der Waals surface area (Å²) in [5.74, 6) is -0.769. The third-order valence-corrected chi connectivity index (χ3v) is 4.94. The number of nitrogens with one attached hydrogen (secondary N) is 1. The van der Waals surface area contributed by atoms with Gasteiger partial charge in [0.05, 0.1) is 15.5 Å². The van der Waals surface area contributed by atoms with Gasteiger partial charge in [0.1, 0.15) is 0 Å². The Labute approximate surface area is 118 Å². The molecule has 2 rings (SSSR count). The Kier molecular flexibility index (Phi) is 3.94. The Bertz CT molecular complexity index is 408. The molecule has 1 N–H and O–H groups in total. The molecule has 1 heterocycles. The van der Waals surface area contributed by atoms with Crippen LogP contribution in [0.4, 0.5) is 13.2 Å². The first-order valence-electron chi connectivity index (χ1n) is 5.47. The molecule has 1 saturated heterocycles. The molecule has 7 heteroatoms. The van der Waals surface area contributed by atoms with Gasteiger partial charge in [-0.25, -0.2) is 0 Å². The molecular formula is C11H11Cl3F3N. The lowest BCUT2D eigenvalue weighted by Crippen LogP contribution is -2.46. The third-order valence-electron chi connectivity index (χ3n) is 3.66. The molecule has 2 atom stereocenters. The Morgan fingerprint density at radius 3 is 2.39 bits per heavy atom. The lowest BCUT2D eigenvalue weighted by atomic mass is 9.71. The van der Waals surface area contributed by atoms with Crippen molar-refractivity contribution in [3.63, 3.8) is 0 Å². The van der Waals surface area contributed by atoms with Crippen LogP contribution in [0, 0.1) is 11.3 Å². The van der Waals surface area contributed by atoms with Gasteiger partial charge in [-0.1, -0.05) is 40.9 Å². The molecule has 1 aliphatic heterocycles. The minimum Gasteiger partial charge on any atom is -0.316 e. The van der Waals surface area contributed by atoms with Gasteiger partial charge in [0.15, 0.2) is 0 Å². The number of halogens is 6. The first kappa shape index (κ1) is 14.5. The molecular weight excluding hydrogens is 309 g/mol. The van der Waals surface area contributed by atoms with Crippen molar-refractivity contribution < 1.29 is 13.2 Å². The summed E-state index contributed by atoms with van der Waals surface area (Å²) in [7, 11) is 0. The third kappa shape index (κ3) is 2.28. The van der Waals surface area contributed by atoms with Gasteiger partial charge in [0.2, 0.25) is 0 Å².